The molecule has 0 bridgehead atoms. The summed E-state index contributed by atoms with van der Waals surface area (Å²) >= 11 is 13.1. The van der Waals surface area contributed by atoms with Crippen LogP contribution in [0.1, 0.15) is 50.6 Å². The Morgan fingerprint density at radius 1 is 0.837 bits per heavy atom. The first kappa shape index (κ1) is 37.6. The van der Waals surface area contributed by atoms with E-state index in [0.717, 1.165) is 74.7 Å². The van der Waals surface area contributed by atoms with Crippen LogP contribution >= 0.6 is 0 Å². The monoisotopic (exact) mass is 697 g/mol. The summed E-state index contributed by atoms with van der Waals surface area (Å²) < 4.78 is 46.5. The summed E-state index contributed by atoms with van der Waals surface area (Å²) in [7, 11) is -3.78. The molecule has 43 heavy (non-hydrogen) atoms. The van der Waals surface area contributed by atoms with Crippen molar-refractivity contribution < 1.29 is 32.6 Å². The average Bonchev–Trinajstić information content (AvgIpc) is 3.43. The molecule has 0 aliphatic rings. The van der Waals surface area contributed by atoms with E-state index in [4.69, 9.17) is 39.3 Å². The number of hydrogen-bond donors (Lipinski definition) is 1. The summed E-state index contributed by atoms with van der Waals surface area (Å²) in [5.74, 6) is 1.15. The van der Waals surface area contributed by atoms with Crippen LogP contribution in [0.4, 0.5) is 4.39 Å². The summed E-state index contributed by atoms with van der Waals surface area (Å²) in [6.07, 6.45) is 9.07. The summed E-state index contributed by atoms with van der Waals surface area (Å²) in [6, 6.07) is 14.6. The predicted octanol–water partition coefficient (Wildman–Crippen LogP) is 5.25. The number of sulfonamides is 1. The normalized spacial score (nSPS) is 11.5. The van der Waals surface area contributed by atoms with Crippen LogP contribution in [-0.4, -0.2) is 67.3 Å². The first-order chi connectivity index (χ1) is 20.8. The third-order valence-electron chi connectivity index (χ3n) is 6.95. The van der Waals surface area contributed by atoms with Crippen LogP contribution in [0.2, 0.25) is 0 Å². The van der Waals surface area contributed by atoms with Crippen molar-refractivity contribution in [1.29, 1.82) is 0 Å². The number of nitrogens with zero attached hydrogens (tertiary/aromatic N) is 4. The van der Waals surface area contributed by atoms with Gasteiger partial charge in [0, 0.05) is 5.56 Å². The fourth-order valence-electron chi connectivity index (χ4n) is 4.73. The first-order valence-electron chi connectivity index (χ1n) is 14.4. The zero-order chi connectivity index (χ0) is 31.5. The molecule has 243 valence electrons. The number of rotatable bonds is 20. The van der Waals surface area contributed by atoms with Gasteiger partial charge in [-0.05, 0) is 93.5 Å². The molecule has 2 aromatic carbocycles. The van der Waals surface area contributed by atoms with Crippen molar-refractivity contribution in [2.45, 2.75) is 56.3 Å². The molecule has 0 radical (unpaired) electrons. The number of halogens is 1. The van der Waals surface area contributed by atoms with Crippen molar-refractivity contribution in [3.05, 3.63) is 71.4 Å². The molecule has 0 atom stereocenters. The molecule has 0 fully saturated rings. The SMILES string of the molecule is NS(=O)(=O)c1ccc(-n2nc(CCCCCCCCCN(CC[S-])CC[N-]CC[S-])cc2-c2ccc(F)cc2)cc1.[O]=[Cu]. The van der Waals surface area contributed by atoms with Crippen LogP contribution in [0.3, 0.4) is 0 Å². The van der Waals surface area contributed by atoms with Crippen LogP contribution in [0.5, 0.6) is 0 Å². The Labute approximate surface area is 275 Å². The number of aromatic nitrogens is 2. The summed E-state index contributed by atoms with van der Waals surface area (Å²) in [4.78, 5) is 2.47. The van der Waals surface area contributed by atoms with E-state index in [0.29, 0.717) is 11.4 Å². The molecule has 2 N–H and O–H groups in total. The Morgan fingerprint density at radius 2 is 1.47 bits per heavy atom. The Kier molecular flexibility index (Phi) is 18.6. The quantitative estimate of drug-likeness (QED) is 0.0976. The van der Waals surface area contributed by atoms with E-state index in [1.165, 1.54) is 56.4 Å². The second-order valence-electron chi connectivity index (χ2n) is 10.1. The number of aryl methyl sites for hydroxylation is 1. The fraction of sp³-hybridized carbons (Fsp3) is 0.500. The minimum atomic E-state index is -3.78. The summed E-state index contributed by atoms with van der Waals surface area (Å²) in [5, 5.41) is 14.5. The number of primary sulfonamides is 1. The second kappa shape index (κ2) is 21.2. The van der Waals surface area contributed by atoms with Gasteiger partial charge in [0.25, 0.3) is 0 Å². The maximum atomic E-state index is 13.6. The molecule has 0 unspecified atom stereocenters. The Morgan fingerprint density at radius 3 is 2.07 bits per heavy atom. The van der Waals surface area contributed by atoms with E-state index in [9.17, 15) is 12.8 Å². The topological polar surface area (TPSA) is 112 Å². The molecule has 1 aromatic heterocycles. The van der Waals surface area contributed by atoms with Crippen LogP contribution in [0, 0.1) is 5.82 Å². The van der Waals surface area contributed by atoms with E-state index >= 15 is 0 Å². The molecular weight excluding hydrogens is 657 g/mol. The van der Waals surface area contributed by atoms with Gasteiger partial charge in [-0.1, -0.05) is 32.1 Å². The molecule has 0 amide bonds. The van der Waals surface area contributed by atoms with Crippen LogP contribution in [0.25, 0.3) is 22.3 Å². The summed E-state index contributed by atoms with van der Waals surface area (Å²) in [5.41, 5.74) is 3.31. The molecule has 0 saturated carbocycles. The minimum absolute atomic E-state index is 0.0423. The number of hydrogen-bond acceptors (Lipinski definition) is 7. The van der Waals surface area contributed by atoms with Crippen molar-refractivity contribution in [2.24, 2.45) is 5.14 Å². The first-order valence-corrected chi connectivity index (χ1v) is 17.5. The molecule has 8 nitrogen and oxygen atoms in total. The number of benzene rings is 2. The van der Waals surface area contributed by atoms with Gasteiger partial charge in [-0.15, -0.1) is 6.54 Å². The molecule has 1 heterocycles. The van der Waals surface area contributed by atoms with Gasteiger partial charge in [0.2, 0.25) is 10.0 Å². The van der Waals surface area contributed by atoms with Crippen LogP contribution < -0.4 is 5.14 Å². The van der Waals surface area contributed by atoms with Gasteiger partial charge in [-0.3, -0.25) is 0 Å². The van der Waals surface area contributed by atoms with Crippen LogP contribution in [-0.2, 0) is 61.5 Å². The van der Waals surface area contributed by atoms with Gasteiger partial charge < -0.3 is 35.5 Å². The molecule has 3 rings (SSSR count). The molecule has 3 aromatic rings. The zero-order valence-corrected chi connectivity index (χ0v) is 27.7. The van der Waals surface area contributed by atoms with Gasteiger partial charge in [0.15, 0.2) is 0 Å². The third kappa shape index (κ3) is 13.9. The van der Waals surface area contributed by atoms with Crippen molar-refractivity contribution in [2.75, 3.05) is 44.2 Å². The zero-order valence-electron chi connectivity index (χ0n) is 24.3. The van der Waals surface area contributed by atoms with Crippen molar-refractivity contribution in [1.82, 2.24) is 14.7 Å². The van der Waals surface area contributed by atoms with Gasteiger partial charge >= 0.3 is 19.8 Å². The molecule has 0 saturated heterocycles. The van der Waals surface area contributed by atoms with Crippen molar-refractivity contribution >= 4 is 35.3 Å². The molecular formula is C30H41CuFN5O3S3-3. The second-order valence-corrected chi connectivity index (χ2v) is 12.5. The average molecular weight is 698 g/mol. The van der Waals surface area contributed by atoms with Gasteiger partial charge in [0.1, 0.15) is 5.82 Å². The van der Waals surface area contributed by atoms with E-state index < -0.39 is 10.0 Å². The summed E-state index contributed by atoms with van der Waals surface area (Å²) in [6.45, 7) is 4.64. The standard InChI is InChI=1S/C30H43FN5O2S3.Cu.O/c31-26-11-9-25(10-12-26)30-24-27(34-36(30)28-13-15-29(16-14-28)41(32,37)38)8-6-4-2-1-3-5-7-19-35(21-23-40)20-17-33-18-22-39;;/h9-16,24,39-40H,1-8,17-23H2,(H2,32,37,38);;/q-1;;/p-2. The predicted molar refractivity (Wildman–Crippen MR) is 171 cm³/mol. The van der Waals surface area contributed by atoms with E-state index in [1.54, 1.807) is 28.9 Å². The molecule has 0 spiro atoms. The molecule has 13 heteroatoms. The number of unbranched alkanes of at least 4 members (excludes halogenated alkanes) is 6. The Bertz CT molecular complexity index is 1300. The van der Waals surface area contributed by atoms with Gasteiger partial charge in [-0.25, -0.2) is 22.6 Å². The van der Waals surface area contributed by atoms with E-state index in [1.807, 2.05) is 6.07 Å². The molecule has 0 aliphatic heterocycles. The Hall–Kier alpha value is -1.57. The number of nitrogens with two attached hydrogens (primary N) is 1. The fourth-order valence-corrected chi connectivity index (χ4v) is 5.63. The van der Waals surface area contributed by atoms with E-state index in [-0.39, 0.29) is 10.7 Å². The maximum absolute atomic E-state index is 13.6. The van der Waals surface area contributed by atoms with Crippen molar-refractivity contribution in [3.8, 4) is 16.9 Å². The Balaban J connectivity index is 0.00000316. The van der Waals surface area contributed by atoms with E-state index in [2.05, 4.69) is 26.2 Å². The van der Waals surface area contributed by atoms with Crippen LogP contribution in [0.15, 0.2) is 59.5 Å². The third-order valence-corrected chi connectivity index (χ3v) is 8.24. The molecule has 0 aliphatic carbocycles. The van der Waals surface area contributed by atoms with Crippen molar-refractivity contribution in [3.63, 3.8) is 0 Å². The van der Waals surface area contributed by atoms with Gasteiger partial charge in [0.05, 0.1) is 22.0 Å². The van der Waals surface area contributed by atoms with Gasteiger partial charge in [-0.2, -0.15) is 23.1 Å².